The number of nitrogens with zero attached hydrogens (tertiary/aromatic N) is 2. The molecule has 96 valence electrons. The lowest BCUT2D eigenvalue weighted by Gasteiger charge is -2.35. The fourth-order valence-corrected chi connectivity index (χ4v) is 2.51. The molecule has 0 aliphatic carbocycles. The zero-order valence-corrected chi connectivity index (χ0v) is 11.0. The van der Waals surface area contributed by atoms with Crippen LogP contribution in [-0.4, -0.2) is 61.3 Å². The van der Waals surface area contributed by atoms with Crippen LogP contribution in [0.2, 0.25) is 0 Å². The predicted molar refractivity (Wildman–Crippen MR) is 68.7 cm³/mol. The number of hydrogen-bond acceptors (Lipinski definition) is 3. The van der Waals surface area contributed by atoms with Gasteiger partial charge in [0.15, 0.2) is 0 Å². The van der Waals surface area contributed by atoms with Crippen molar-refractivity contribution in [2.24, 2.45) is 0 Å². The Hall–Kier alpha value is -0.120. The SMILES string of the molecule is CN1CCCC(N(C)CCCCCCO)C1. The van der Waals surface area contributed by atoms with E-state index in [-0.39, 0.29) is 0 Å². The monoisotopic (exact) mass is 228 g/mol. The van der Waals surface area contributed by atoms with E-state index in [0.29, 0.717) is 6.61 Å². The maximum Gasteiger partial charge on any atom is 0.0431 e. The Morgan fingerprint density at radius 3 is 2.69 bits per heavy atom. The first-order chi connectivity index (χ1) is 7.74. The predicted octanol–water partition coefficient (Wildman–Crippen LogP) is 1.57. The Balaban J connectivity index is 2.06. The molecule has 0 spiro atoms. The van der Waals surface area contributed by atoms with Crippen molar-refractivity contribution in [1.82, 2.24) is 9.80 Å². The highest BCUT2D eigenvalue weighted by molar-refractivity contribution is 4.77. The minimum absolute atomic E-state index is 0.350. The maximum absolute atomic E-state index is 8.69. The van der Waals surface area contributed by atoms with Crippen LogP contribution in [0, 0.1) is 0 Å². The van der Waals surface area contributed by atoms with E-state index in [1.165, 1.54) is 51.7 Å². The van der Waals surface area contributed by atoms with Crippen molar-refractivity contribution >= 4 is 0 Å². The molecule has 0 aromatic carbocycles. The van der Waals surface area contributed by atoms with Gasteiger partial charge in [-0.25, -0.2) is 0 Å². The second kappa shape index (κ2) is 8.04. The molecule has 0 amide bonds. The van der Waals surface area contributed by atoms with Crippen LogP contribution in [0.1, 0.15) is 38.5 Å². The Morgan fingerprint density at radius 2 is 2.00 bits per heavy atom. The molecule has 0 aromatic rings. The van der Waals surface area contributed by atoms with Gasteiger partial charge in [-0.05, 0) is 52.9 Å². The van der Waals surface area contributed by atoms with Gasteiger partial charge in [0, 0.05) is 19.2 Å². The topological polar surface area (TPSA) is 26.7 Å². The first-order valence-electron chi connectivity index (χ1n) is 6.73. The summed E-state index contributed by atoms with van der Waals surface area (Å²) in [5.74, 6) is 0. The molecular formula is C13H28N2O. The number of unbranched alkanes of at least 4 members (excludes halogenated alkanes) is 3. The van der Waals surface area contributed by atoms with Gasteiger partial charge in [0.25, 0.3) is 0 Å². The molecular weight excluding hydrogens is 200 g/mol. The van der Waals surface area contributed by atoms with E-state index in [4.69, 9.17) is 5.11 Å². The third-order valence-corrected chi connectivity index (χ3v) is 3.64. The highest BCUT2D eigenvalue weighted by Crippen LogP contribution is 2.14. The zero-order chi connectivity index (χ0) is 11.8. The highest BCUT2D eigenvalue weighted by atomic mass is 16.2. The quantitative estimate of drug-likeness (QED) is 0.670. The zero-order valence-electron chi connectivity index (χ0n) is 11.0. The molecule has 1 atom stereocenters. The second-order valence-corrected chi connectivity index (χ2v) is 5.18. The smallest absolute Gasteiger partial charge is 0.0431 e. The molecule has 0 radical (unpaired) electrons. The van der Waals surface area contributed by atoms with Crippen molar-refractivity contribution in [2.75, 3.05) is 40.3 Å². The Morgan fingerprint density at radius 1 is 1.25 bits per heavy atom. The van der Waals surface area contributed by atoms with Crippen LogP contribution < -0.4 is 0 Å². The molecule has 1 heterocycles. The number of hydrogen-bond donors (Lipinski definition) is 1. The number of piperidine rings is 1. The van der Waals surface area contributed by atoms with E-state index in [0.717, 1.165) is 12.5 Å². The molecule has 1 saturated heterocycles. The van der Waals surface area contributed by atoms with E-state index in [2.05, 4.69) is 23.9 Å². The van der Waals surface area contributed by atoms with Crippen molar-refractivity contribution in [1.29, 1.82) is 0 Å². The highest BCUT2D eigenvalue weighted by Gasteiger charge is 2.20. The molecule has 1 unspecified atom stereocenters. The van der Waals surface area contributed by atoms with Crippen molar-refractivity contribution in [3.8, 4) is 0 Å². The summed E-state index contributed by atoms with van der Waals surface area (Å²) >= 11 is 0. The molecule has 16 heavy (non-hydrogen) atoms. The van der Waals surface area contributed by atoms with Crippen LogP contribution in [-0.2, 0) is 0 Å². The third-order valence-electron chi connectivity index (χ3n) is 3.64. The van der Waals surface area contributed by atoms with Crippen molar-refractivity contribution < 1.29 is 5.11 Å². The fraction of sp³-hybridized carbons (Fsp3) is 1.00. The van der Waals surface area contributed by atoms with Gasteiger partial charge >= 0.3 is 0 Å². The van der Waals surface area contributed by atoms with Gasteiger partial charge < -0.3 is 14.9 Å². The van der Waals surface area contributed by atoms with Crippen LogP contribution in [0.15, 0.2) is 0 Å². The lowest BCUT2D eigenvalue weighted by Crippen LogP contribution is -2.45. The van der Waals surface area contributed by atoms with Crippen LogP contribution in [0.3, 0.4) is 0 Å². The van der Waals surface area contributed by atoms with E-state index in [9.17, 15) is 0 Å². The molecule has 0 saturated carbocycles. The lowest BCUT2D eigenvalue weighted by molar-refractivity contribution is 0.132. The van der Waals surface area contributed by atoms with Gasteiger partial charge in [-0.2, -0.15) is 0 Å². The second-order valence-electron chi connectivity index (χ2n) is 5.18. The summed E-state index contributed by atoms with van der Waals surface area (Å²) in [6.45, 7) is 4.06. The number of aliphatic hydroxyl groups is 1. The van der Waals surface area contributed by atoms with Gasteiger partial charge in [0.1, 0.15) is 0 Å². The van der Waals surface area contributed by atoms with Crippen LogP contribution in [0.4, 0.5) is 0 Å². The van der Waals surface area contributed by atoms with Gasteiger partial charge in [-0.3, -0.25) is 0 Å². The largest absolute Gasteiger partial charge is 0.396 e. The average molecular weight is 228 g/mol. The maximum atomic E-state index is 8.69. The normalized spacial score (nSPS) is 22.9. The summed E-state index contributed by atoms with van der Waals surface area (Å²) in [5.41, 5.74) is 0. The minimum atomic E-state index is 0.350. The fourth-order valence-electron chi connectivity index (χ4n) is 2.51. The minimum Gasteiger partial charge on any atom is -0.396 e. The summed E-state index contributed by atoms with van der Waals surface area (Å²) in [6, 6.07) is 0.761. The van der Waals surface area contributed by atoms with Crippen LogP contribution in [0.5, 0.6) is 0 Å². The number of likely N-dealkylation sites (N-methyl/N-ethyl adjacent to an activating group) is 2. The summed E-state index contributed by atoms with van der Waals surface area (Å²) in [4.78, 5) is 4.96. The summed E-state index contributed by atoms with van der Waals surface area (Å²) in [6.07, 6.45) is 7.38. The number of rotatable bonds is 7. The standard InChI is InChI=1S/C13H28N2O/c1-14-9-7-8-13(12-14)15(2)10-5-3-4-6-11-16/h13,16H,3-12H2,1-2H3. The molecule has 0 aromatic heterocycles. The van der Waals surface area contributed by atoms with Crippen molar-refractivity contribution in [3.05, 3.63) is 0 Å². The van der Waals surface area contributed by atoms with Crippen molar-refractivity contribution in [3.63, 3.8) is 0 Å². The Labute approximate surface area is 100 Å². The molecule has 1 fully saturated rings. The Kier molecular flexibility index (Phi) is 7.01. The molecule has 1 N–H and O–H groups in total. The first kappa shape index (κ1) is 13.9. The van der Waals surface area contributed by atoms with Crippen LogP contribution in [0.25, 0.3) is 0 Å². The van der Waals surface area contributed by atoms with Crippen molar-refractivity contribution in [2.45, 2.75) is 44.6 Å². The number of likely N-dealkylation sites (tertiary alicyclic amines) is 1. The van der Waals surface area contributed by atoms with E-state index in [1.54, 1.807) is 0 Å². The molecule has 1 aliphatic heterocycles. The summed E-state index contributed by atoms with van der Waals surface area (Å²) in [5, 5.41) is 8.69. The van der Waals surface area contributed by atoms with E-state index < -0.39 is 0 Å². The first-order valence-corrected chi connectivity index (χ1v) is 6.73. The summed E-state index contributed by atoms with van der Waals surface area (Å²) < 4.78 is 0. The molecule has 1 rings (SSSR count). The van der Waals surface area contributed by atoms with E-state index >= 15 is 0 Å². The lowest BCUT2D eigenvalue weighted by atomic mass is 10.0. The van der Waals surface area contributed by atoms with E-state index in [1.807, 2.05) is 0 Å². The van der Waals surface area contributed by atoms with Crippen LogP contribution >= 0.6 is 0 Å². The van der Waals surface area contributed by atoms with Gasteiger partial charge in [0.05, 0.1) is 0 Å². The average Bonchev–Trinajstić information content (AvgIpc) is 2.28. The third kappa shape index (κ3) is 5.28. The molecule has 1 aliphatic rings. The van der Waals surface area contributed by atoms with Gasteiger partial charge in [-0.15, -0.1) is 0 Å². The van der Waals surface area contributed by atoms with Gasteiger partial charge in [-0.1, -0.05) is 12.8 Å². The molecule has 0 bridgehead atoms. The number of aliphatic hydroxyl groups excluding tert-OH is 1. The molecule has 3 heteroatoms. The molecule has 3 nitrogen and oxygen atoms in total. The van der Waals surface area contributed by atoms with Gasteiger partial charge in [0.2, 0.25) is 0 Å². The summed E-state index contributed by atoms with van der Waals surface area (Å²) in [7, 11) is 4.48. The Bertz CT molecular complexity index is 175.